The van der Waals surface area contributed by atoms with Gasteiger partial charge in [-0.25, -0.2) is 4.98 Å². The standard InChI is InChI=1S/C41H27N3/c1-2-14-30-28(13-1)25-37(35-19-7-5-16-32(30)35)36-20-8-6-18-34(36)33-17-4-3-15-31(33)29-26-40(38-21-9-11-23-42-38)44-41(27-29)39-22-10-12-24-43-39/h1-27H. The van der Waals surface area contributed by atoms with Gasteiger partial charge in [-0.05, 0) is 97.4 Å². The van der Waals surface area contributed by atoms with E-state index in [1.807, 2.05) is 48.8 Å². The largest absolute Gasteiger partial charge is 0.255 e. The fraction of sp³-hybridized carbons (Fsp3) is 0. The van der Waals surface area contributed by atoms with Gasteiger partial charge in [-0.2, -0.15) is 0 Å². The lowest BCUT2D eigenvalue weighted by atomic mass is 9.86. The van der Waals surface area contributed by atoms with E-state index in [1.54, 1.807) is 0 Å². The molecule has 8 rings (SSSR count). The lowest BCUT2D eigenvalue weighted by molar-refractivity contribution is 1.22. The first kappa shape index (κ1) is 25.8. The topological polar surface area (TPSA) is 38.7 Å². The monoisotopic (exact) mass is 561 g/mol. The Morgan fingerprint density at radius 1 is 0.318 bits per heavy atom. The van der Waals surface area contributed by atoms with Crippen molar-refractivity contribution in [2.24, 2.45) is 0 Å². The smallest absolute Gasteiger partial charge is 0.0900 e. The van der Waals surface area contributed by atoms with Crippen LogP contribution in [0.25, 0.3) is 77.7 Å². The zero-order chi connectivity index (χ0) is 29.3. The summed E-state index contributed by atoms with van der Waals surface area (Å²) in [5, 5.41) is 5.01. The molecule has 0 saturated carbocycles. The molecule has 0 spiro atoms. The molecule has 0 fully saturated rings. The Bertz CT molecular complexity index is 2220. The third-order valence-corrected chi connectivity index (χ3v) is 8.19. The minimum Gasteiger partial charge on any atom is -0.255 e. The second kappa shape index (κ2) is 11.0. The zero-order valence-electron chi connectivity index (χ0n) is 23.9. The van der Waals surface area contributed by atoms with Crippen LogP contribution < -0.4 is 0 Å². The van der Waals surface area contributed by atoms with Gasteiger partial charge in [0.1, 0.15) is 0 Å². The Hall–Kier alpha value is -5.93. The Labute approximate surface area is 256 Å². The van der Waals surface area contributed by atoms with Gasteiger partial charge >= 0.3 is 0 Å². The van der Waals surface area contributed by atoms with Gasteiger partial charge in [0.2, 0.25) is 0 Å². The first-order valence-corrected chi connectivity index (χ1v) is 14.8. The number of benzene rings is 5. The Kier molecular flexibility index (Phi) is 6.47. The molecule has 0 aliphatic rings. The van der Waals surface area contributed by atoms with Crippen molar-refractivity contribution in [3.05, 3.63) is 164 Å². The van der Waals surface area contributed by atoms with Crippen molar-refractivity contribution in [1.29, 1.82) is 0 Å². The fourth-order valence-corrected chi connectivity index (χ4v) is 6.18. The SMILES string of the molecule is c1ccc(-c2cc(-c3ccccc3-c3ccccc3-c3cc4ccccc4c4ccccc34)cc(-c3ccccn3)n2)nc1. The Morgan fingerprint density at radius 2 is 0.795 bits per heavy atom. The van der Waals surface area contributed by atoms with Crippen LogP contribution in [0.5, 0.6) is 0 Å². The highest BCUT2D eigenvalue weighted by Gasteiger charge is 2.17. The number of rotatable bonds is 5. The summed E-state index contributed by atoms with van der Waals surface area (Å²) in [5.41, 5.74) is 10.2. The lowest BCUT2D eigenvalue weighted by Gasteiger charge is -2.18. The molecular weight excluding hydrogens is 534 g/mol. The van der Waals surface area contributed by atoms with Crippen molar-refractivity contribution in [3.8, 4) is 56.2 Å². The number of fused-ring (bicyclic) bond motifs is 3. The molecular formula is C41H27N3. The maximum atomic E-state index is 5.01. The molecule has 3 nitrogen and oxygen atoms in total. The van der Waals surface area contributed by atoms with Crippen molar-refractivity contribution in [3.63, 3.8) is 0 Å². The highest BCUT2D eigenvalue weighted by Crippen LogP contribution is 2.43. The van der Waals surface area contributed by atoms with Crippen LogP contribution in [-0.2, 0) is 0 Å². The van der Waals surface area contributed by atoms with Crippen LogP contribution in [0.15, 0.2) is 164 Å². The molecule has 44 heavy (non-hydrogen) atoms. The van der Waals surface area contributed by atoms with Crippen LogP contribution >= 0.6 is 0 Å². The van der Waals surface area contributed by atoms with E-state index in [0.717, 1.165) is 39.5 Å². The minimum absolute atomic E-state index is 0.812. The Balaban J connectivity index is 1.37. The van der Waals surface area contributed by atoms with Crippen LogP contribution in [0.1, 0.15) is 0 Å². The predicted molar refractivity (Wildman–Crippen MR) is 182 cm³/mol. The second-order valence-corrected chi connectivity index (χ2v) is 10.8. The molecule has 0 N–H and O–H groups in total. The van der Waals surface area contributed by atoms with E-state index in [4.69, 9.17) is 4.98 Å². The van der Waals surface area contributed by atoms with Gasteiger partial charge in [0.15, 0.2) is 0 Å². The number of nitrogens with zero attached hydrogens (tertiary/aromatic N) is 3. The van der Waals surface area contributed by atoms with Gasteiger partial charge in [0.05, 0.1) is 22.8 Å². The van der Waals surface area contributed by atoms with Crippen molar-refractivity contribution >= 4 is 21.5 Å². The lowest BCUT2D eigenvalue weighted by Crippen LogP contribution is -1.95. The van der Waals surface area contributed by atoms with Crippen LogP contribution in [0.3, 0.4) is 0 Å². The molecule has 0 unspecified atom stereocenters. The van der Waals surface area contributed by atoms with Crippen molar-refractivity contribution in [2.45, 2.75) is 0 Å². The van der Waals surface area contributed by atoms with Crippen molar-refractivity contribution in [1.82, 2.24) is 15.0 Å². The molecule has 0 bridgehead atoms. The van der Waals surface area contributed by atoms with Gasteiger partial charge < -0.3 is 0 Å². The summed E-state index contributed by atoms with van der Waals surface area (Å²) in [6, 6.07) is 53.2. The molecule has 3 heterocycles. The van der Waals surface area contributed by atoms with Gasteiger partial charge in [0, 0.05) is 12.4 Å². The Morgan fingerprint density at radius 3 is 1.41 bits per heavy atom. The van der Waals surface area contributed by atoms with E-state index in [0.29, 0.717) is 0 Å². The van der Waals surface area contributed by atoms with E-state index in [-0.39, 0.29) is 0 Å². The quantitative estimate of drug-likeness (QED) is 0.196. The summed E-state index contributed by atoms with van der Waals surface area (Å²) < 4.78 is 0. The maximum absolute atomic E-state index is 5.01. The van der Waals surface area contributed by atoms with Gasteiger partial charge in [0.25, 0.3) is 0 Å². The molecule has 3 aromatic heterocycles. The highest BCUT2D eigenvalue weighted by atomic mass is 14.8. The molecule has 0 radical (unpaired) electrons. The van der Waals surface area contributed by atoms with Crippen LogP contribution in [0, 0.1) is 0 Å². The first-order valence-electron chi connectivity index (χ1n) is 14.8. The van der Waals surface area contributed by atoms with Crippen LogP contribution in [0.2, 0.25) is 0 Å². The van der Waals surface area contributed by atoms with E-state index < -0.39 is 0 Å². The molecule has 206 valence electrons. The van der Waals surface area contributed by atoms with Crippen LogP contribution in [-0.4, -0.2) is 15.0 Å². The predicted octanol–water partition coefficient (Wildman–Crippen LogP) is 10.5. The number of aromatic nitrogens is 3. The summed E-state index contributed by atoms with van der Waals surface area (Å²) in [5.74, 6) is 0. The summed E-state index contributed by atoms with van der Waals surface area (Å²) in [4.78, 5) is 14.3. The summed E-state index contributed by atoms with van der Waals surface area (Å²) in [6.45, 7) is 0. The van der Waals surface area contributed by atoms with Crippen LogP contribution in [0.4, 0.5) is 0 Å². The van der Waals surface area contributed by atoms with Crippen molar-refractivity contribution in [2.75, 3.05) is 0 Å². The van der Waals surface area contributed by atoms with E-state index in [1.165, 1.54) is 38.2 Å². The fourth-order valence-electron chi connectivity index (χ4n) is 6.18. The number of hydrogen-bond donors (Lipinski definition) is 0. The van der Waals surface area contributed by atoms with E-state index >= 15 is 0 Å². The molecule has 0 amide bonds. The van der Waals surface area contributed by atoms with Gasteiger partial charge in [-0.15, -0.1) is 0 Å². The zero-order valence-corrected chi connectivity index (χ0v) is 23.9. The summed E-state index contributed by atoms with van der Waals surface area (Å²) in [7, 11) is 0. The molecule has 0 aliphatic heterocycles. The average Bonchev–Trinajstić information content (AvgIpc) is 3.12. The first-order chi connectivity index (χ1) is 21.8. The molecule has 0 atom stereocenters. The third kappa shape index (κ3) is 4.61. The van der Waals surface area contributed by atoms with Crippen molar-refractivity contribution < 1.29 is 0 Å². The van der Waals surface area contributed by atoms with Gasteiger partial charge in [-0.1, -0.05) is 109 Å². The summed E-state index contributed by atoms with van der Waals surface area (Å²) >= 11 is 0. The molecule has 5 aromatic carbocycles. The van der Waals surface area contributed by atoms with Gasteiger partial charge in [-0.3, -0.25) is 9.97 Å². The molecule has 3 heteroatoms. The average molecular weight is 562 g/mol. The normalized spacial score (nSPS) is 11.2. The summed E-state index contributed by atoms with van der Waals surface area (Å²) in [6.07, 6.45) is 3.62. The molecule has 8 aromatic rings. The molecule has 0 saturated heterocycles. The number of pyridine rings is 3. The van der Waals surface area contributed by atoms with E-state index in [9.17, 15) is 0 Å². The maximum Gasteiger partial charge on any atom is 0.0900 e. The molecule has 0 aliphatic carbocycles. The highest BCUT2D eigenvalue weighted by molar-refractivity contribution is 6.15. The third-order valence-electron chi connectivity index (χ3n) is 8.19. The second-order valence-electron chi connectivity index (χ2n) is 10.8. The van der Waals surface area contributed by atoms with E-state index in [2.05, 4.69) is 125 Å². The number of hydrogen-bond acceptors (Lipinski definition) is 3. The minimum atomic E-state index is 0.812.